The number of nitrogens with zero attached hydrogens (tertiary/aromatic N) is 2. The minimum Gasteiger partial charge on any atom is -0.457 e. The predicted molar refractivity (Wildman–Crippen MR) is 106 cm³/mol. The summed E-state index contributed by atoms with van der Waals surface area (Å²) in [7, 11) is 0. The van der Waals surface area contributed by atoms with Gasteiger partial charge in [0.15, 0.2) is 11.2 Å². The Bertz CT molecular complexity index is 831. The molecular weight excluding hydrogens is 364 g/mol. The van der Waals surface area contributed by atoms with E-state index in [9.17, 15) is 9.59 Å². The van der Waals surface area contributed by atoms with Crippen LogP contribution in [0.3, 0.4) is 0 Å². The molecule has 1 unspecified atom stereocenters. The number of aryl methyl sites for hydroxylation is 2. The Labute approximate surface area is 163 Å². The van der Waals surface area contributed by atoms with Crippen LogP contribution >= 0.6 is 11.3 Å². The molecule has 6 nitrogen and oxygen atoms in total. The molecule has 0 saturated carbocycles. The van der Waals surface area contributed by atoms with Crippen molar-refractivity contribution in [3.63, 3.8) is 0 Å². The van der Waals surface area contributed by atoms with Gasteiger partial charge < -0.3 is 9.47 Å². The second-order valence-electron chi connectivity index (χ2n) is 6.12. The highest BCUT2D eigenvalue weighted by Gasteiger charge is 2.20. The number of benzene rings is 1. The smallest absolute Gasteiger partial charge is 0.335 e. The maximum Gasteiger partial charge on any atom is 0.335 e. The number of hydrogen-bond donors (Lipinski definition) is 0. The van der Waals surface area contributed by atoms with Gasteiger partial charge in [0.1, 0.15) is 6.61 Å². The summed E-state index contributed by atoms with van der Waals surface area (Å²) < 4.78 is 10.5. The minimum atomic E-state index is -0.676. The Hall–Kier alpha value is -2.51. The van der Waals surface area contributed by atoms with Gasteiger partial charge in [-0.25, -0.2) is 9.78 Å². The molecule has 1 amide bonds. The molecule has 0 aliphatic carbocycles. The fourth-order valence-corrected chi connectivity index (χ4v) is 3.17. The van der Waals surface area contributed by atoms with Crippen molar-refractivity contribution >= 4 is 34.0 Å². The van der Waals surface area contributed by atoms with E-state index in [0.29, 0.717) is 10.8 Å². The van der Waals surface area contributed by atoms with Crippen molar-refractivity contribution in [2.45, 2.75) is 40.4 Å². The molecule has 0 radical (unpaired) electrons. The zero-order valence-corrected chi connectivity index (χ0v) is 16.8. The molecule has 0 fully saturated rings. The number of esters is 1. The third-order valence-corrected chi connectivity index (χ3v) is 4.83. The van der Waals surface area contributed by atoms with Gasteiger partial charge in [0.25, 0.3) is 0 Å². The molecule has 27 heavy (non-hydrogen) atoms. The third kappa shape index (κ3) is 5.48. The first-order valence-corrected chi connectivity index (χ1v) is 9.43. The van der Waals surface area contributed by atoms with Crippen LogP contribution in [0, 0.1) is 13.8 Å². The van der Waals surface area contributed by atoms with Gasteiger partial charge in [-0.05, 0) is 44.0 Å². The van der Waals surface area contributed by atoms with E-state index < -0.39 is 12.1 Å². The third-order valence-electron chi connectivity index (χ3n) is 3.95. The SMILES string of the molecule is C=CCOC(C)C(=O)OCc1csc(N(C(C)=O)c2ccc(C)c(C)c2)n1. The summed E-state index contributed by atoms with van der Waals surface area (Å²) in [6, 6.07) is 5.82. The van der Waals surface area contributed by atoms with Crippen molar-refractivity contribution in [3.8, 4) is 0 Å². The highest BCUT2D eigenvalue weighted by atomic mass is 32.1. The van der Waals surface area contributed by atoms with E-state index in [4.69, 9.17) is 9.47 Å². The van der Waals surface area contributed by atoms with Crippen LogP contribution in [0.1, 0.15) is 30.7 Å². The van der Waals surface area contributed by atoms with E-state index in [-0.39, 0.29) is 19.1 Å². The van der Waals surface area contributed by atoms with Gasteiger partial charge in [-0.3, -0.25) is 9.69 Å². The van der Waals surface area contributed by atoms with Crippen molar-refractivity contribution in [2.75, 3.05) is 11.5 Å². The monoisotopic (exact) mass is 388 g/mol. The van der Waals surface area contributed by atoms with E-state index in [1.165, 1.54) is 18.3 Å². The van der Waals surface area contributed by atoms with E-state index in [1.54, 1.807) is 23.3 Å². The van der Waals surface area contributed by atoms with E-state index in [0.717, 1.165) is 16.8 Å². The number of anilines is 2. The number of carbonyl (C=O) groups excluding carboxylic acids is 2. The van der Waals surface area contributed by atoms with Crippen molar-refractivity contribution in [1.29, 1.82) is 0 Å². The molecule has 1 atom stereocenters. The van der Waals surface area contributed by atoms with Crippen molar-refractivity contribution in [3.05, 3.63) is 53.1 Å². The van der Waals surface area contributed by atoms with Crippen LogP contribution in [0.2, 0.25) is 0 Å². The van der Waals surface area contributed by atoms with Crippen molar-refractivity contribution < 1.29 is 19.1 Å². The number of rotatable bonds is 8. The first-order chi connectivity index (χ1) is 12.8. The van der Waals surface area contributed by atoms with Crippen LogP contribution in [0.25, 0.3) is 0 Å². The van der Waals surface area contributed by atoms with Crippen LogP contribution < -0.4 is 4.90 Å². The molecule has 0 aliphatic rings. The topological polar surface area (TPSA) is 68.7 Å². The summed E-state index contributed by atoms with van der Waals surface area (Å²) >= 11 is 1.32. The van der Waals surface area contributed by atoms with Crippen LogP contribution in [0.15, 0.2) is 36.2 Å². The average Bonchev–Trinajstić information content (AvgIpc) is 3.08. The number of thiazole rings is 1. The van der Waals surface area contributed by atoms with Gasteiger partial charge in [-0.2, -0.15) is 0 Å². The molecule has 1 aromatic carbocycles. The summed E-state index contributed by atoms with van der Waals surface area (Å²) in [6.45, 7) is 11.0. The van der Waals surface area contributed by atoms with E-state index in [2.05, 4.69) is 11.6 Å². The molecule has 1 heterocycles. The lowest BCUT2D eigenvalue weighted by Gasteiger charge is -2.19. The number of aromatic nitrogens is 1. The van der Waals surface area contributed by atoms with Crippen LogP contribution in [0.5, 0.6) is 0 Å². The van der Waals surface area contributed by atoms with Gasteiger partial charge in [0.2, 0.25) is 5.91 Å². The second-order valence-corrected chi connectivity index (χ2v) is 6.95. The van der Waals surface area contributed by atoms with E-state index >= 15 is 0 Å². The maximum absolute atomic E-state index is 12.2. The minimum absolute atomic E-state index is 0.0236. The molecule has 1 aromatic heterocycles. The number of hydrogen-bond acceptors (Lipinski definition) is 6. The Balaban J connectivity index is 2.09. The maximum atomic E-state index is 12.2. The largest absolute Gasteiger partial charge is 0.457 e. The van der Waals surface area contributed by atoms with E-state index in [1.807, 2.05) is 32.0 Å². The lowest BCUT2D eigenvalue weighted by atomic mass is 10.1. The Morgan fingerprint density at radius 1 is 1.33 bits per heavy atom. The van der Waals surface area contributed by atoms with Crippen molar-refractivity contribution in [2.24, 2.45) is 0 Å². The number of carbonyl (C=O) groups is 2. The average molecular weight is 388 g/mol. The van der Waals surface area contributed by atoms with Gasteiger partial charge in [-0.15, -0.1) is 17.9 Å². The van der Waals surface area contributed by atoms with Crippen LogP contribution in [-0.2, 0) is 25.7 Å². The molecule has 2 rings (SSSR count). The van der Waals surface area contributed by atoms with Gasteiger partial charge >= 0.3 is 5.97 Å². The first kappa shape index (κ1) is 20.8. The molecular formula is C20H24N2O4S. The van der Waals surface area contributed by atoms with Crippen LogP contribution in [0.4, 0.5) is 10.8 Å². The quantitative estimate of drug-likeness (QED) is 0.503. The molecule has 0 aliphatic heterocycles. The molecule has 0 saturated heterocycles. The standard InChI is InChI=1S/C20H24N2O4S/c1-6-9-25-15(4)19(24)26-11-17-12-27-20(21-17)22(16(5)23)18-8-7-13(2)14(3)10-18/h6-8,10,12,15H,1,9,11H2,2-5H3. The zero-order chi connectivity index (χ0) is 20.0. The number of ether oxygens (including phenoxy) is 2. The lowest BCUT2D eigenvalue weighted by molar-refractivity contribution is -0.156. The molecule has 0 bridgehead atoms. The van der Waals surface area contributed by atoms with Gasteiger partial charge in [0.05, 0.1) is 18.0 Å². The number of amides is 1. The van der Waals surface area contributed by atoms with Crippen LogP contribution in [-0.4, -0.2) is 29.6 Å². The summed E-state index contributed by atoms with van der Waals surface area (Å²) in [5.41, 5.74) is 3.59. The lowest BCUT2D eigenvalue weighted by Crippen LogP contribution is -2.24. The Morgan fingerprint density at radius 2 is 2.07 bits per heavy atom. The van der Waals surface area contributed by atoms with Gasteiger partial charge in [-0.1, -0.05) is 12.1 Å². The first-order valence-electron chi connectivity index (χ1n) is 8.55. The molecule has 144 valence electrons. The summed E-state index contributed by atoms with van der Waals surface area (Å²) in [4.78, 5) is 30.1. The Kier molecular flexibility index (Phi) is 7.27. The fraction of sp³-hybridized carbons (Fsp3) is 0.350. The summed E-state index contributed by atoms with van der Waals surface area (Å²) in [5.74, 6) is -0.605. The molecule has 2 aromatic rings. The van der Waals surface area contributed by atoms with Crippen molar-refractivity contribution in [1.82, 2.24) is 4.98 Å². The molecule has 0 spiro atoms. The zero-order valence-electron chi connectivity index (χ0n) is 16.0. The highest BCUT2D eigenvalue weighted by molar-refractivity contribution is 7.14. The highest BCUT2D eigenvalue weighted by Crippen LogP contribution is 2.30. The Morgan fingerprint density at radius 3 is 2.70 bits per heavy atom. The molecule has 0 N–H and O–H groups in total. The summed E-state index contributed by atoms with van der Waals surface area (Å²) in [6.07, 6.45) is 0.893. The second kappa shape index (κ2) is 9.43. The van der Waals surface area contributed by atoms with Gasteiger partial charge in [0, 0.05) is 12.3 Å². The summed E-state index contributed by atoms with van der Waals surface area (Å²) in [5, 5.41) is 2.31. The molecule has 7 heteroatoms. The fourth-order valence-electron chi connectivity index (χ4n) is 2.30. The normalized spacial score (nSPS) is 11.7. The predicted octanol–water partition coefficient (Wildman–Crippen LogP) is 4.08.